The predicted octanol–water partition coefficient (Wildman–Crippen LogP) is 1.49. The van der Waals surface area contributed by atoms with Crippen molar-refractivity contribution in [1.82, 2.24) is 9.78 Å². The fourth-order valence-corrected chi connectivity index (χ4v) is 1.65. The molecular formula is C11H13N5O2. The molecule has 0 aliphatic rings. The number of benzene rings is 1. The number of nitrogen functional groups attached to an aromatic ring is 1. The van der Waals surface area contributed by atoms with Crippen molar-refractivity contribution in [2.75, 3.05) is 17.6 Å². The summed E-state index contributed by atoms with van der Waals surface area (Å²) in [5.41, 5.74) is 6.08. The Bertz CT molecular complexity index is 538. The van der Waals surface area contributed by atoms with Crippen LogP contribution in [0, 0.1) is 10.1 Å². The SMILES string of the molecule is Nc1cccc(NCCn2cccn2)c1[N+](=O)[O-]. The molecular weight excluding hydrogens is 234 g/mol. The zero-order chi connectivity index (χ0) is 13.0. The van der Waals surface area contributed by atoms with E-state index in [0.29, 0.717) is 18.8 Å². The Morgan fingerprint density at radius 1 is 1.44 bits per heavy atom. The van der Waals surface area contributed by atoms with Crippen molar-refractivity contribution in [2.24, 2.45) is 0 Å². The monoisotopic (exact) mass is 247 g/mol. The molecule has 1 aromatic heterocycles. The number of aromatic nitrogens is 2. The lowest BCUT2D eigenvalue weighted by atomic mass is 10.2. The second-order valence-corrected chi connectivity index (χ2v) is 3.70. The van der Waals surface area contributed by atoms with Crippen LogP contribution in [-0.2, 0) is 6.54 Å². The summed E-state index contributed by atoms with van der Waals surface area (Å²) in [6.45, 7) is 1.16. The van der Waals surface area contributed by atoms with Gasteiger partial charge in [-0.15, -0.1) is 0 Å². The summed E-state index contributed by atoms with van der Waals surface area (Å²) in [4.78, 5) is 10.4. The lowest BCUT2D eigenvalue weighted by Gasteiger charge is -2.08. The van der Waals surface area contributed by atoms with E-state index in [0.717, 1.165) is 0 Å². The number of para-hydroxylation sites is 1. The fourth-order valence-electron chi connectivity index (χ4n) is 1.65. The van der Waals surface area contributed by atoms with Gasteiger partial charge in [-0.2, -0.15) is 5.10 Å². The highest BCUT2D eigenvalue weighted by Crippen LogP contribution is 2.30. The van der Waals surface area contributed by atoms with E-state index in [9.17, 15) is 10.1 Å². The topological polar surface area (TPSA) is 99.0 Å². The van der Waals surface area contributed by atoms with Crippen molar-refractivity contribution in [1.29, 1.82) is 0 Å². The van der Waals surface area contributed by atoms with Crippen molar-refractivity contribution in [3.05, 3.63) is 46.8 Å². The lowest BCUT2D eigenvalue weighted by Crippen LogP contribution is -2.12. The normalized spacial score (nSPS) is 10.2. The molecule has 0 unspecified atom stereocenters. The second kappa shape index (κ2) is 5.17. The first kappa shape index (κ1) is 11.9. The van der Waals surface area contributed by atoms with Crippen LogP contribution in [-0.4, -0.2) is 21.2 Å². The minimum atomic E-state index is -0.481. The molecule has 2 aromatic rings. The van der Waals surface area contributed by atoms with Gasteiger partial charge in [0.2, 0.25) is 0 Å². The molecule has 0 atom stereocenters. The quantitative estimate of drug-likeness (QED) is 0.473. The van der Waals surface area contributed by atoms with E-state index in [-0.39, 0.29) is 11.4 Å². The molecule has 0 spiro atoms. The number of anilines is 2. The van der Waals surface area contributed by atoms with Crippen LogP contribution < -0.4 is 11.1 Å². The van der Waals surface area contributed by atoms with Crippen molar-refractivity contribution >= 4 is 17.1 Å². The van der Waals surface area contributed by atoms with Gasteiger partial charge in [0, 0.05) is 18.9 Å². The summed E-state index contributed by atoms with van der Waals surface area (Å²) in [7, 11) is 0. The maximum absolute atomic E-state index is 10.9. The molecule has 7 nitrogen and oxygen atoms in total. The molecule has 0 bridgehead atoms. The summed E-state index contributed by atoms with van der Waals surface area (Å²) in [5.74, 6) is 0. The van der Waals surface area contributed by atoms with Crippen LogP contribution in [0.3, 0.4) is 0 Å². The minimum Gasteiger partial charge on any atom is -0.393 e. The number of nitrogens with one attached hydrogen (secondary N) is 1. The number of rotatable bonds is 5. The first-order valence-corrected chi connectivity index (χ1v) is 5.42. The summed E-state index contributed by atoms with van der Waals surface area (Å²) in [5, 5.41) is 17.9. The number of hydrogen-bond acceptors (Lipinski definition) is 5. The first-order chi connectivity index (χ1) is 8.68. The van der Waals surface area contributed by atoms with Gasteiger partial charge in [-0.05, 0) is 18.2 Å². The van der Waals surface area contributed by atoms with Gasteiger partial charge in [-0.25, -0.2) is 0 Å². The number of nitro groups is 1. The van der Waals surface area contributed by atoms with Gasteiger partial charge in [0.1, 0.15) is 11.4 Å². The Labute approximate surface area is 103 Å². The molecule has 7 heteroatoms. The number of hydrogen-bond donors (Lipinski definition) is 2. The molecule has 0 aliphatic heterocycles. The highest BCUT2D eigenvalue weighted by atomic mass is 16.6. The molecule has 0 fully saturated rings. The molecule has 0 amide bonds. The van der Waals surface area contributed by atoms with Crippen LogP contribution >= 0.6 is 0 Å². The van der Waals surface area contributed by atoms with E-state index >= 15 is 0 Å². The van der Waals surface area contributed by atoms with Crippen LogP contribution in [0.25, 0.3) is 0 Å². The number of nitrogens with zero attached hydrogens (tertiary/aromatic N) is 3. The zero-order valence-corrected chi connectivity index (χ0v) is 9.61. The Morgan fingerprint density at radius 3 is 2.94 bits per heavy atom. The highest BCUT2D eigenvalue weighted by Gasteiger charge is 2.16. The van der Waals surface area contributed by atoms with Gasteiger partial charge < -0.3 is 11.1 Å². The van der Waals surface area contributed by atoms with Crippen molar-refractivity contribution in [3.63, 3.8) is 0 Å². The number of nitro benzene ring substituents is 1. The average molecular weight is 247 g/mol. The Balaban J connectivity index is 2.05. The molecule has 2 rings (SSSR count). The Kier molecular flexibility index (Phi) is 3.42. The van der Waals surface area contributed by atoms with Crippen molar-refractivity contribution in [3.8, 4) is 0 Å². The summed E-state index contributed by atoms with van der Waals surface area (Å²) in [6.07, 6.45) is 3.51. The number of nitrogens with two attached hydrogens (primary N) is 1. The third kappa shape index (κ3) is 2.57. The smallest absolute Gasteiger partial charge is 0.314 e. The Hall–Kier alpha value is -2.57. The van der Waals surface area contributed by atoms with Gasteiger partial charge in [-0.1, -0.05) is 6.07 Å². The van der Waals surface area contributed by atoms with Gasteiger partial charge in [0.15, 0.2) is 0 Å². The van der Waals surface area contributed by atoms with Gasteiger partial charge in [0.05, 0.1) is 11.5 Å². The first-order valence-electron chi connectivity index (χ1n) is 5.42. The molecule has 3 N–H and O–H groups in total. The molecule has 94 valence electrons. The molecule has 0 radical (unpaired) electrons. The molecule has 0 aliphatic carbocycles. The zero-order valence-electron chi connectivity index (χ0n) is 9.61. The third-order valence-corrected chi connectivity index (χ3v) is 2.47. The van der Waals surface area contributed by atoms with Gasteiger partial charge in [-0.3, -0.25) is 14.8 Å². The maximum atomic E-state index is 10.9. The van der Waals surface area contributed by atoms with Crippen LogP contribution in [0.2, 0.25) is 0 Å². The maximum Gasteiger partial charge on any atom is 0.314 e. The fraction of sp³-hybridized carbons (Fsp3) is 0.182. The molecule has 1 heterocycles. The van der Waals surface area contributed by atoms with E-state index in [1.54, 1.807) is 23.0 Å². The van der Waals surface area contributed by atoms with Crippen LogP contribution in [0.5, 0.6) is 0 Å². The third-order valence-electron chi connectivity index (χ3n) is 2.47. The van der Waals surface area contributed by atoms with E-state index in [2.05, 4.69) is 10.4 Å². The standard InChI is InChI=1S/C11H13N5O2/c12-9-3-1-4-10(11(9)16(17)18)13-6-8-15-7-2-5-14-15/h1-5,7,13H,6,8,12H2. The predicted molar refractivity (Wildman–Crippen MR) is 68.2 cm³/mol. The summed E-state index contributed by atoms with van der Waals surface area (Å²) >= 11 is 0. The Morgan fingerprint density at radius 2 is 2.28 bits per heavy atom. The molecule has 0 saturated carbocycles. The summed E-state index contributed by atoms with van der Waals surface area (Å²) < 4.78 is 1.74. The van der Waals surface area contributed by atoms with Crippen molar-refractivity contribution < 1.29 is 4.92 Å². The van der Waals surface area contributed by atoms with E-state index in [1.807, 2.05) is 12.3 Å². The van der Waals surface area contributed by atoms with Crippen LogP contribution in [0.15, 0.2) is 36.7 Å². The van der Waals surface area contributed by atoms with Crippen molar-refractivity contribution in [2.45, 2.75) is 6.54 Å². The highest BCUT2D eigenvalue weighted by molar-refractivity contribution is 5.74. The van der Waals surface area contributed by atoms with E-state index < -0.39 is 4.92 Å². The largest absolute Gasteiger partial charge is 0.393 e. The molecule has 1 aromatic carbocycles. The van der Waals surface area contributed by atoms with Crippen LogP contribution in [0.4, 0.5) is 17.1 Å². The summed E-state index contributed by atoms with van der Waals surface area (Å²) in [6, 6.07) is 6.65. The minimum absolute atomic E-state index is 0.0852. The molecule has 18 heavy (non-hydrogen) atoms. The van der Waals surface area contributed by atoms with Gasteiger partial charge in [0.25, 0.3) is 0 Å². The van der Waals surface area contributed by atoms with E-state index in [4.69, 9.17) is 5.73 Å². The average Bonchev–Trinajstić information content (AvgIpc) is 2.81. The lowest BCUT2D eigenvalue weighted by molar-refractivity contribution is -0.383. The van der Waals surface area contributed by atoms with E-state index in [1.165, 1.54) is 6.07 Å². The molecule has 0 saturated heterocycles. The van der Waals surface area contributed by atoms with Gasteiger partial charge >= 0.3 is 5.69 Å². The second-order valence-electron chi connectivity index (χ2n) is 3.70. The van der Waals surface area contributed by atoms with Crippen LogP contribution in [0.1, 0.15) is 0 Å².